The van der Waals surface area contributed by atoms with Crippen LogP contribution in [-0.2, 0) is 6.42 Å². The molecule has 22 heavy (non-hydrogen) atoms. The highest BCUT2D eigenvalue weighted by atomic mass is 16.5. The topological polar surface area (TPSA) is 63.7 Å². The summed E-state index contributed by atoms with van der Waals surface area (Å²) in [6.45, 7) is 0.732. The van der Waals surface area contributed by atoms with Gasteiger partial charge in [0, 0.05) is 5.56 Å². The molecule has 0 saturated heterocycles. The lowest BCUT2D eigenvalue weighted by Gasteiger charge is -2.06. The van der Waals surface area contributed by atoms with Crippen LogP contribution in [0.5, 0.6) is 5.75 Å². The number of hydrogen-bond donors (Lipinski definition) is 1. The number of benzene rings is 2. The van der Waals surface area contributed by atoms with Gasteiger partial charge in [0.25, 0.3) is 0 Å². The van der Waals surface area contributed by atoms with Crippen molar-refractivity contribution in [3.63, 3.8) is 0 Å². The molecular formula is C17H18N4O. The second kappa shape index (κ2) is 7.36. The molecule has 1 aromatic heterocycles. The van der Waals surface area contributed by atoms with Crippen LogP contribution in [0.25, 0.3) is 11.4 Å². The number of rotatable bonds is 7. The third kappa shape index (κ3) is 3.91. The van der Waals surface area contributed by atoms with Gasteiger partial charge in [0.15, 0.2) is 5.82 Å². The molecule has 3 aromatic rings. The van der Waals surface area contributed by atoms with E-state index in [0.717, 1.165) is 37.2 Å². The number of aromatic nitrogens is 4. The van der Waals surface area contributed by atoms with Crippen molar-refractivity contribution >= 4 is 0 Å². The van der Waals surface area contributed by atoms with E-state index < -0.39 is 0 Å². The second-order valence-electron chi connectivity index (χ2n) is 5.07. The molecule has 5 heteroatoms. The van der Waals surface area contributed by atoms with E-state index >= 15 is 0 Å². The Morgan fingerprint density at radius 1 is 0.909 bits per heavy atom. The summed E-state index contributed by atoms with van der Waals surface area (Å²) in [5.74, 6) is 1.53. The Morgan fingerprint density at radius 3 is 2.45 bits per heavy atom. The Kier molecular flexibility index (Phi) is 4.77. The van der Waals surface area contributed by atoms with Gasteiger partial charge in [-0.1, -0.05) is 30.3 Å². The minimum Gasteiger partial charge on any atom is -0.494 e. The standard InChI is InChI=1S/C17H18N4O/c1-2-6-14(7-3-1)8-4-5-13-22-16-11-9-15(10-12-16)17-18-20-21-19-17/h1-3,6-7,9-12H,4-5,8,13H2,(H,18,19,20,21). The van der Waals surface area contributed by atoms with Crippen LogP contribution in [-0.4, -0.2) is 27.2 Å². The highest BCUT2D eigenvalue weighted by molar-refractivity contribution is 5.54. The lowest BCUT2D eigenvalue weighted by molar-refractivity contribution is 0.307. The fraction of sp³-hybridized carbons (Fsp3) is 0.235. The maximum atomic E-state index is 5.75. The van der Waals surface area contributed by atoms with E-state index in [2.05, 4.69) is 44.9 Å². The molecular weight excluding hydrogens is 276 g/mol. The lowest BCUT2D eigenvalue weighted by atomic mass is 10.1. The van der Waals surface area contributed by atoms with Gasteiger partial charge < -0.3 is 4.74 Å². The van der Waals surface area contributed by atoms with Crippen LogP contribution in [0, 0.1) is 0 Å². The number of tetrazole rings is 1. The smallest absolute Gasteiger partial charge is 0.179 e. The second-order valence-corrected chi connectivity index (χ2v) is 5.07. The summed E-state index contributed by atoms with van der Waals surface area (Å²) in [7, 11) is 0. The molecule has 0 aliphatic carbocycles. The number of nitrogens with one attached hydrogen (secondary N) is 1. The van der Waals surface area contributed by atoms with Crippen molar-refractivity contribution in [1.82, 2.24) is 20.6 Å². The van der Waals surface area contributed by atoms with Crippen LogP contribution < -0.4 is 4.74 Å². The molecule has 5 nitrogen and oxygen atoms in total. The van der Waals surface area contributed by atoms with Crippen molar-refractivity contribution in [2.75, 3.05) is 6.61 Å². The van der Waals surface area contributed by atoms with Gasteiger partial charge in [0.05, 0.1) is 6.61 Å². The van der Waals surface area contributed by atoms with Crippen molar-refractivity contribution in [2.24, 2.45) is 0 Å². The van der Waals surface area contributed by atoms with E-state index in [0.29, 0.717) is 5.82 Å². The zero-order valence-corrected chi connectivity index (χ0v) is 12.3. The molecule has 0 aliphatic rings. The Balaban J connectivity index is 1.40. The summed E-state index contributed by atoms with van der Waals surface area (Å²) in [4.78, 5) is 0. The molecule has 0 radical (unpaired) electrons. The van der Waals surface area contributed by atoms with E-state index in [1.807, 2.05) is 30.3 Å². The van der Waals surface area contributed by atoms with Crippen LogP contribution in [0.3, 0.4) is 0 Å². The van der Waals surface area contributed by atoms with E-state index in [9.17, 15) is 0 Å². The van der Waals surface area contributed by atoms with Gasteiger partial charge in [-0.2, -0.15) is 0 Å². The molecule has 0 fully saturated rings. The fourth-order valence-electron chi connectivity index (χ4n) is 2.26. The molecule has 0 unspecified atom stereocenters. The molecule has 2 aromatic carbocycles. The quantitative estimate of drug-likeness (QED) is 0.679. The Morgan fingerprint density at radius 2 is 1.73 bits per heavy atom. The van der Waals surface area contributed by atoms with Crippen molar-refractivity contribution in [3.05, 3.63) is 60.2 Å². The first-order valence-corrected chi connectivity index (χ1v) is 7.43. The highest BCUT2D eigenvalue weighted by Gasteiger charge is 2.02. The molecule has 0 atom stereocenters. The molecule has 3 rings (SSSR count). The van der Waals surface area contributed by atoms with Gasteiger partial charge >= 0.3 is 0 Å². The van der Waals surface area contributed by atoms with Crippen LogP contribution in [0.4, 0.5) is 0 Å². The third-order valence-corrected chi connectivity index (χ3v) is 3.44. The zero-order valence-electron chi connectivity index (χ0n) is 12.3. The summed E-state index contributed by atoms with van der Waals surface area (Å²) < 4.78 is 5.75. The van der Waals surface area contributed by atoms with Crippen molar-refractivity contribution in [1.29, 1.82) is 0 Å². The largest absolute Gasteiger partial charge is 0.494 e. The molecule has 0 amide bonds. The highest BCUT2D eigenvalue weighted by Crippen LogP contribution is 2.18. The first-order chi connectivity index (χ1) is 10.9. The van der Waals surface area contributed by atoms with Gasteiger partial charge in [-0.05, 0) is 59.5 Å². The number of ether oxygens (including phenoxy) is 1. The number of hydrogen-bond acceptors (Lipinski definition) is 4. The van der Waals surface area contributed by atoms with Crippen LogP contribution in [0.1, 0.15) is 18.4 Å². The predicted molar refractivity (Wildman–Crippen MR) is 84.5 cm³/mol. The SMILES string of the molecule is c1ccc(CCCCOc2ccc(-c3nnn[nH]3)cc2)cc1. The number of aromatic amines is 1. The number of H-pyrrole nitrogens is 1. The monoisotopic (exact) mass is 294 g/mol. The number of unbranched alkanes of at least 4 members (excludes halogenated alkanes) is 1. The molecule has 1 heterocycles. The molecule has 0 saturated carbocycles. The Hall–Kier alpha value is -2.69. The Labute approximate surface area is 129 Å². The third-order valence-electron chi connectivity index (χ3n) is 3.44. The van der Waals surface area contributed by atoms with Crippen LogP contribution in [0.15, 0.2) is 54.6 Å². The van der Waals surface area contributed by atoms with Crippen LogP contribution in [0.2, 0.25) is 0 Å². The number of aryl methyl sites for hydroxylation is 1. The predicted octanol–water partition coefficient (Wildman–Crippen LogP) is 3.27. The lowest BCUT2D eigenvalue weighted by Crippen LogP contribution is -1.98. The van der Waals surface area contributed by atoms with E-state index in [4.69, 9.17) is 4.74 Å². The molecule has 0 bridgehead atoms. The summed E-state index contributed by atoms with van der Waals surface area (Å²) >= 11 is 0. The normalized spacial score (nSPS) is 10.5. The van der Waals surface area contributed by atoms with Crippen molar-refractivity contribution in [2.45, 2.75) is 19.3 Å². The minimum atomic E-state index is 0.661. The van der Waals surface area contributed by atoms with Gasteiger partial charge in [-0.3, -0.25) is 0 Å². The number of nitrogens with zero attached hydrogens (tertiary/aromatic N) is 3. The van der Waals surface area contributed by atoms with Crippen molar-refractivity contribution < 1.29 is 4.74 Å². The van der Waals surface area contributed by atoms with Gasteiger partial charge in [-0.25, -0.2) is 5.10 Å². The van der Waals surface area contributed by atoms with Gasteiger partial charge in [-0.15, -0.1) is 5.10 Å². The van der Waals surface area contributed by atoms with E-state index in [1.54, 1.807) is 0 Å². The summed E-state index contributed by atoms with van der Waals surface area (Å²) in [6.07, 6.45) is 3.27. The summed E-state index contributed by atoms with van der Waals surface area (Å²) in [5.41, 5.74) is 2.33. The van der Waals surface area contributed by atoms with Crippen LogP contribution >= 0.6 is 0 Å². The Bertz CT molecular complexity index is 666. The first-order valence-electron chi connectivity index (χ1n) is 7.43. The average Bonchev–Trinajstić information content (AvgIpc) is 3.11. The summed E-state index contributed by atoms with van der Waals surface area (Å²) in [5, 5.41) is 13.7. The molecule has 112 valence electrons. The minimum absolute atomic E-state index is 0.661. The first kappa shape index (κ1) is 14.3. The molecule has 1 N–H and O–H groups in total. The van der Waals surface area contributed by atoms with Gasteiger partial charge in [0.2, 0.25) is 0 Å². The molecule has 0 spiro atoms. The van der Waals surface area contributed by atoms with Gasteiger partial charge in [0.1, 0.15) is 5.75 Å². The van der Waals surface area contributed by atoms with E-state index in [-0.39, 0.29) is 0 Å². The average molecular weight is 294 g/mol. The summed E-state index contributed by atoms with van der Waals surface area (Å²) in [6, 6.07) is 18.3. The van der Waals surface area contributed by atoms with Crippen molar-refractivity contribution in [3.8, 4) is 17.1 Å². The maximum absolute atomic E-state index is 5.75. The van der Waals surface area contributed by atoms with E-state index in [1.165, 1.54) is 5.56 Å². The zero-order chi connectivity index (χ0) is 15.0. The maximum Gasteiger partial charge on any atom is 0.179 e. The molecule has 0 aliphatic heterocycles. The fourth-order valence-corrected chi connectivity index (χ4v) is 2.26.